The van der Waals surface area contributed by atoms with E-state index in [1.165, 1.54) is 16.7 Å². The minimum atomic E-state index is -0.147. The molecule has 0 aliphatic heterocycles. The average Bonchev–Trinajstić information content (AvgIpc) is 2.77. The Labute approximate surface area is 115 Å². The van der Waals surface area contributed by atoms with E-state index in [4.69, 9.17) is 5.73 Å². The number of aromatic amines is 1. The van der Waals surface area contributed by atoms with Gasteiger partial charge in [-0.1, -0.05) is 17.7 Å². The van der Waals surface area contributed by atoms with Crippen molar-refractivity contribution in [2.45, 2.75) is 46.1 Å². The van der Waals surface area contributed by atoms with E-state index in [0.717, 1.165) is 24.4 Å². The Balaban J connectivity index is 2.19. The molecule has 0 spiro atoms. The lowest BCUT2D eigenvalue weighted by Crippen LogP contribution is -2.32. The molecule has 3 nitrogen and oxygen atoms in total. The molecule has 3 heteroatoms. The maximum absolute atomic E-state index is 6.00. The molecular weight excluding hydrogens is 234 g/mol. The van der Waals surface area contributed by atoms with E-state index in [0.29, 0.717) is 0 Å². The van der Waals surface area contributed by atoms with Crippen molar-refractivity contribution in [2.24, 2.45) is 5.73 Å². The van der Waals surface area contributed by atoms with Gasteiger partial charge in [0.2, 0.25) is 0 Å². The van der Waals surface area contributed by atoms with E-state index < -0.39 is 0 Å². The number of nitrogens with two attached hydrogens (primary N) is 1. The Hall–Kier alpha value is -1.61. The number of hydrogen-bond acceptors (Lipinski definition) is 2. The van der Waals surface area contributed by atoms with Gasteiger partial charge in [-0.2, -0.15) is 0 Å². The standard InChI is InChI=1S/C16H23N3/c1-11-5-6-12(2)13(9-11)14-10-18-15(19-14)7-8-16(3,4)17/h5-6,9-10H,7-8,17H2,1-4H3,(H,18,19). The first kappa shape index (κ1) is 13.8. The summed E-state index contributed by atoms with van der Waals surface area (Å²) in [5.74, 6) is 1.01. The minimum Gasteiger partial charge on any atom is -0.342 e. The first-order valence-corrected chi connectivity index (χ1v) is 6.75. The lowest BCUT2D eigenvalue weighted by molar-refractivity contribution is 0.472. The van der Waals surface area contributed by atoms with Crippen LogP contribution in [0.25, 0.3) is 11.3 Å². The van der Waals surface area contributed by atoms with Crippen LogP contribution in [0.15, 0.2) is 24.4 Å². The highest BCUT2D eigenvalue weighted by atomic mass is 14.9. The molecule has 0 aliphatic carbocycles. The first-order chi connectivity index (χ1) is 8.85. The summed E-state index contributed by atoms with van der Waals surface area (Å²) in [5, 5.41) is 0. The Morgan fingerprint density at radius 1 is 1.26 bits per heavy atom. The van der Waals surface area contributed by atoms with Crippen LogP contribution < -0.4 is 5.73 Å². The number of H-pyrrole nitrogens is 1. The molecule has 1 aromatic carbocycles. The minimum absolute atomic E-state index is 0.147. The Morgan fingerprint density at radius 3 is 2.68 bits per heavy atom. The number of benzene rings is 1. The van der Waals surface area contributed by atoms with Gasteiger partial charge < -0.3 is 10.7 Å². The van der Waals surface area contributed by atoms with Crippen molar-refractivity contribution in [2.75, 3.05) is 0 Å². The molecule has 2 rings (SSSR count). The molecule has 0 saturated carbocycles. The fourth-order valence-corrected chi connectivity index (χ4v) is 2.09. The summed E-state index contributed by atoms with van der Waals surface area (Å²) in [6.07, 6.45) is 3.72. The molecule has 0 fully saturated rings. The summed E-state index contributed by atoms with van der Waals surface area (Å²) < 4.78 is 0. The molecule has 3 N–H and O–H groups in total. The lowest BCUT2D eigenvalue weighted by atomic mass is 10.00. The normalized spacial score (nSPS) is 11.8. The van der Waals surface area contributed by atoms with E-state index >= 15 is 0 Å². The summed E-state index contributed by atoms with van der Waals surface area (Å²) in [5.41, 5.74) is 10.7. The van der Waals surface area contributed by atoms with E-state index in [1.807, 2.05) is 20.0 Å². The van der Waals surface area contributed by atoms with Crippen molar-refractivity contribution < 1.29 is 0 Å². The summed E-state index contributed by atoms with van der Waals surface area (Å²) in [7, 11) is 0. The molecule has 102 valence electrons. The van der Waals surface area contributed by atoms with Crippen LogP contribution in [0.2, 0.25) is 0 Å². The van der Waals surface area contributed by atoms with Crippen LogP contribution in [0.5, 0.6) is 0 Å². The number of nitrogens with one attached hydrogen (secondary N) is 1. The number of rotatable bonds is 4. The number of aryl methyl sites for hydroxylation is 3. The van der Waals surface area contributed by atoms with Gasteiger partial charge in [-0.25, -0.2) is 4.98 Å². The fraction of sp³-hybridized carbons (Fsp3) is 0.438. The average molecular weight is 257 g/mol. The molecule has 1 heterocycles. The summed E-state index contributed by atoms with van der Waals surface area (Å²) in [6, 6.07) is 6.47. The van der Waals surface area contributed by atoms with Crippen molar-refractivity contribution >= 4 is 0 Å². The molecule has 0 aliphatic rings. The highest BCUT2D eigenvalue weighted by Crippen LogP contribution is 2.23. The van der Waals surface area contributed by atoms with Gasteiger partial charge >= 0.3 is 0 Å². The fourth-order valence-electron chi connectivity index (χ4n) is 2.09. The monoisotopic (exact) mass is 257 g/mol. The predicted molar refractivity (Wildman–Crippen MR) is 80.1 cm³/mol. The first-order valence-electron chi connectivity index (χ1n) is 6.75. The van der Waals surface area contributed by atoms with Crippen molar-refractivity contribution in [3.63, 3.8) is 0 Å². The van der Waals surface area contributed by atoms with Crippen LogP contribution >= 0.6 is 0 Å². The van der Waals surface area contributed by atoms with Crippen molar-refractivity contribution in [3.05, 3.63) is 41.3 Å². The molecule has 2 aromatic rings. The molecular formula is C16H23N3. The van der Waals surface area contributed by atoms with Gasteiger partial charge in [-0.05, 0) is 45.7 Å². The molecule has 0 unspecified atom stereocenters. The van der Waals surface area contributed by atoms with E-state index in [9.17, 15) is 0 Å². The third-order valence-corrected chi connectivity index (χ3v) is 3.32. The SMILES string of the molecule is Cc1ccc(C)c(-c2cnc(CCC(C)(C)N)[nH]2)c1. The maximum atomic E-state index is 6.00. The number of imidazole rings is 1. The number of aromatic nitrogens is 2. The highest BCUT2D eigenvalue weighted by Gasteiger charge is 2.12. The molecule has 0 bridgehead atoms. The second-order valence-corrected chi connectivity index (χ2v) is 6.05. The van der Waals surface area contributed by atoms with Crippen molar-refractivity contribution in [1.82, 2.24) is 9.97 Å². The molecule has 19 heavy (non-hydrogen) atoms. The van der Waals surface area contributed by atoms with Crippen LogP contribution in [-0.4, -0.2) is 15.5 Å². The van der Waals surface area contributed by atoms with Crippen LogP contribution in [0, 0.1) is 13.8 Å². The maximum Gasteiger partial charge on any atom is 0.106 e. The van der Waals surface area contributed by atoms with Gasteiger partial charge in [0.05, 0.1) is 11.9 Å². The summed E-state index contributed by atoms with van der Waals surface area (Å²) in [6.45, 7) is 8.32. The van der Waals surface area contributed by atoms with Crippen LogP contribution in [0.1, 0.15) is 37.2 Å². The van der Waals surface area contributed by atoms with Gasteiger partial charge in [0.25, 0.3) is 0 Å². The smallest absolute Gasteiger partial charge is 0.106 e. The van der Waals surface area contributed by atoms with Crippen molar-refractivity contribution in [3.8, 4) is 11.3 Å². The third-order valence-electron chi connectivity index (χ3n) is 3.32. The third kappa shape index (κ3) is 3.67. The number of nitrogens with zero attached hydrogens (tertiary/aromatic N) is 1. The zero-order valence-corrected chi connectivity index (χ0v) is 12.2. The Kier molecular flexibility index (Phi) is 3.76. The molecule has 0 saturated heterocycles. The largest absolute Gasteiger partial charge is 0.342 e. The molecule has 1 aromatic heterocycles. The quantitative estimate of drug-likeness (QED) is 0.882. The summed E-state index contributed by atoms with van der Waals surface area (Å²) in [4.78, 5) is 7.86. The second-order valence-electron chi connectivity index (χ2n) is 6.05. The van der Waals surface area contributed by atoms with Gasteiger partial charge in [0, 0.05) is 17.5 Å². The Bertz CT molecular complexity index is 562. The lowest BCUT2D eigenvalue weighted by Gasteiger charge is -2.16. The highest BCUT2D eigenvalue weighted by molar-refractivity contribution is 5.63. The van der Waals surface area contributed by atoms with Crippen molar-refractivity contribution in [1.29, 1.82) is 0 Å². The van der Waals surface area contributed by atoms with E-state index in [2.05, 4.69) is 42.0 Å². The van der Waals surface area contributed by atoms with E-state index in [-0.39, 0.29) is 5.54 Å². The van der Waals surface area contributed by atoms with Gasteiger partial charge in [-0.3, -0.25) is 0 Å². The second kappa shape index (κ2) is 5.17. The molecule has 0 radical (unpaired) electrons. The summed E-state index contributed by atoms with van der Waals surface area (Å²) >= 11 is 0. The molecule has 0 amide bonds. The van der Waals surface area contributed by atoms with Gasteiger partial charge in [-0.15, -0.1) is 0 Å². The van der Waals surface area contributed by atoms with Crippen LogP contribution in [-0.2, 0) is 6.42 Å². The van der Waals surface area contributed by atoms with E-state index in [1.54, 1.807) is 0 Å². The zero-order chi connectivity index (χ0) is 14.0. The van der Waals surface area contributed by atoms with Crippen LogP contribution in [0.4, 0.5) is 0 Å². The van der Waals surface area contributed by atoms with Crippen LogP contribution in [0.3, 0.4) is 0 Å². The Morgan fingerprint density at radius 2 is 2.00 bits per heavy atom. The number of hydrogen-bond donors (Lipinski definition) is 2. The zero-order valence-electron chi connectivity index (χ0n) is 12.2. The molecule has 0 atom stereocenters. The van der Waals surface area contributed by atoms with Gasteiger partial charge in [0.15, 0.2) is 0 Å². The topological polar surface area (TPSA) is 54.7 Å². The van der Waals surface area contributed by atoms with Gasteiger partial charge in [0.1, 0.15) is 5.82 Å². The predicted octanol–water partition coefficient (Wildman–Crippen LogP) is 3.36.